The highest BCUT2D eigenvalue weighted by Gasteiger charge is 2.33. The van der Waals surface area contributed by atoms with Crippen LogP contribution in [0.5, 0.6) is 11.5 Å². The maximum absolute atomic E-state index is 13.3. The van der Waals surface area contributed by atoms with Gasteiger partial charge in [0.1, 0.15) is 0 Å². The number of carbonyl (C=O) groups is 1. The minimum absolute atomic E-state index is 0.0190. The van der Waals surface area contributed by atoms with Gasteiger partial charge in [-0.05, 0) is 48.7 Å². The largest absolute Gasteiger partial charge is 0.493 e. The number of rotatable bonds is 8. The summed E-state index contributed by atoms with van der Waals surface area (Å²) in [6, 6.07) is 10.5. The topological polar surface area (TPSA) is 60.4 Å². The van der Waals surface area contributed by atoms with E-state index in [1.807, 2.05) is 12.1 Å². The van der Waals surface area contributed by atoms with E-state index in [2.05, 4.69) is 5.16 Å². The first-order chi connectivity index (χ1) is 16.8. The van der Waals surface area contributed by atoms with Crippen molar-refractivity contribution in [1.82, 2.24) is 4.90 Å². The molecule has 1 saturated carbocycles. The second-order valence-electron chi connectivity index (χ2n) is 8.93. The second-order valence-corrected chi connectivity index (χ2v) is 8.93. The Morgan fingerprint density at radius 3 is 2.37 bits per heavy atom. The van der Waals surface area contributed by atoms with Crippen LogP contribution < -0.4 is 9.47 Å². The van der Waals surface area contributed by atoms with Gasteiger partial charge in [-0.2, -0.15) is 13.2 Å². The summed E-state index contributed by atoms with van der Waals surface area (Å²) in [4.78, 5) is 20.7. The number of nitrogens with zero attached hydrogens (tertiary/aromatic N) is 2. The molecule has 1 heterocycles. The summed E-state index contributed by atoms with van der Waals surface area (Å²) >= 11 is 0. The van der Waals surface area contributed by atoms with Crippen molar-refractivity contribution in [3.63, 3.8) is 0 Å². The third-order valence-electron chi connectivity index (χ3n) is 6.54. The molecule has 6 nitrogen and oxygen atoms in total. The maximum Gasteiger partial charge on any atom is 0.416 e. The highest BCUT2D eigenvalue weighted by molar-refractivity contribution is 6.01. The van der Waals surface area contributed by atoms with Gasteiger partial charge in [0.15, 0.2) is 17.6 Å². The molecule has 188 valence electrons. The van der Waals surface area contributed by atoms with E-state index < -0.39 is 11.7 Å². The normalized spacial score (nSPS) is 18.2. The van der Waals surface area contributed by atoms with Crippen molar-refractivity contribution in [1.29, 1.82) is 0 Å². The molecule has 9 heteroatoms. The number of hydrogen-bond donors (Lipinski definition) is 0. The van der Waals surface area contributed by atoms with E-state index in [0.717, 1.165) is 49.1 Å². The Hall–Kier alpha value is -3.23. The first kappa shape index (κ1) is 24.9. The quantitative estimate of drug-likeness (QED) is 0.495. The van der Waals surface area contributed by atoms with Gasteiger partial charge in [-0.25, -0.2) is 0 Å². The lowest BCUT2D eigenvalue weighted by molar-refractivity contribution is -0.138. The second kappa shape index (κ2) is 10.6. The standard InChI is InChI=1S/C26H29F3N2O4/c1-33-23-12-9-19(13-24(23)34-2)22-14-21(35-30-22)16-31(25(32)18-5-3-4-6-18)15-17-7-10-20(11-8-17)26(27,28)29/h7-13,18,21H,3-6,14-16H2,1-2H3/t21-/m1/s1. The predicted molar refractivity (Wildman–Crippen MR) is 124 cm³/mol. The first-order valence-electron chi connectivity index (χ1n) is 11.7. The molecule has 2 aromatic rings. The summed E-state index contributed by atoms with van der Waals surface area (Å²) in [6.07, 6.45) is -0.557. The zero-order chi connectivity index (χ0) is 25.0. The van der Waals surface area contributed by atoms with E-state index in [1.54, 1.807) is 25.2 Å². The molecule has 0 saturated heterocycles. The third-order valence-corrected chi connectivity index (χ3v) is 6.54. The van der Waals surface area contributed by atoms with E-state index in [9.17, 15) is 18.0 Å². The van der Waals surface area contributed by atoms with Crippen molar-refractivity contribution in [2.24, 2.45) is 11.1 Å². The minimum Gasteiger partial charge on any atom is -0.493 e. The van der Waals surface area contributed by atoms with E-state index in [0.29, 0.717) is 30.0 Å². The molecule has 1 aliphatic heterocycles. The summed E-state index contributed by atoms with van der Waals surface area (Å²) in [5.41, 5.74) is 1.51. The summed E-state index contributed by atoms with van der Waals surface area (Å²) in [7, 11) is 3.13. The molecule has 0 radical (unpaired) electrons. The molecule has 0 aromatic heterocycles. The van der Waals surface area contributed by atoms with Crippen molar-refractivity contribution in [2.75, 3.05) is 20.8 Å². The molecular formula is C26H29F3N2O4. The summed E-state index contributed by atoms with van der Waals surface area (Å²) < 4.78 is 49.5. The number of hydrogen-bond acceptors (Lipinski definition) is 5. The number of carbonyl (C=O) groups excluding carboxylic acids is 1. The van der Waals surface area contributed by atoms with Crippen molar-refractivity contribution >= 4 is 11.6 Å². The van der Waals surface area contributed by atoms with Gasteiger partial charge in [-0.1, -0.05) is 30.1 Å². The molecule has 2 aliphatic rings. The van der Waals surface area contributed by atoms with Gasteiger partial charge < -0.3 is 19.2 Å². The smallest absolute Gasteiger partial charge is 0.416 e. The van der Waals surface area contributed by atoms with E-state index >= 15 is 0 Å². The number of halogens is 3. The molecule has 0 bridgehead atoms. The lowest BCUT2D eigenvalue weighted by Crippen LogP contribution is -2.40. The van der Waals surface area contributed by atoms with Gasteiger partial charge in [0.05, 0.1) is 32.0 Å². The van der Waals surface area contributed by atoms with Gasteiger partial charge in [0, 0.05) is 24.4 Å². The molecule has 2 aromatic carbocycles. The fraction of sp³-hybridized carbons (Fsp3) is 0.462. The van der Waals surface area contributed by atoms with E-state index in [1.165, 1.54) is 12.1 Å². The van der Waals surface area contributed by atoms with Crippen LogP contribution in [0.4, 0.5) is 13.2 Å². The van der Waals surface area contributed by atoms with Gasteiger partial charge in [-0.15, -0.1) is 0 Å². The average Bonchev–Trinajstić information content (AvgIpc) is 3.55. The Kier molecular flexibility index (Phi) is 7.52. The van der Waals surface area contributed by atoms with E-state index in [-0.39, 0.29) is 24.5 Å². The van der Waals surface area contributed by atoms with Crippen LogP contribution in [-0.4, -0.2) is 43.4 Å². The molecule has 35 heavy (non-hydrogen) atoms. The molecule has 0 N–H and O–H groups in total. The summed E-state index contributed by atoms with van der Waals surface area (Å²) in [5, 5.41) is 4.23. The Bertz CT molecular complexity index is 1060. The number of ether oxygens (including phenoxy) is 2. The average molecular weight is 491 g/mol. The maximum atomic E-state index is 13.3. The monoisotopic (exact) mass is 490 g/mol. The van der Waals surface area contributed by atoms with Crippen LogP contribution in [0, 0.1) is 5.92 Å². The highest BCUT2D eigenvalue weighted by atomic mass is 19.4. The van der Waals surface area contributed by atoms with Crippen LogP contribution in [0.2, 0.25) is 0 Å². The van der Waals surface area contributed by atoms with Crippen LogP contribution in [0.25, 0.3) is 0 Å². The number of methoxy groups -OCH3 is 2. The summed E-state index contributed by atoms with van der Waals surface area (Å²) in [6.45, 7) is 0.523. The van der Waals surface area contributed by atoms with Gasteiger partial charge in [-0.3, -0.25) is 4.79 Å². The Morgan fingerprint density at radius 2 is 1.74 bits per heavy atom. The Labute approximate surface area is 202 Å². The predicted octanol–water partition coefficient (Wildman–Crippen LogP) is 5.43. The first-order valence-corrected chi connectivity index (χ1v) is 11.7. The van der Waals surface area contributed by atoms with Crippen LogP contribution in [0.1, 0.15) is 48.8 Å². The Balaban J connectivity index is 1.46. The Morgan fingerprint density at radius 1 is 1.06 bits per heavy atom. The van der Waals surface area contributed by atoms with Gasteiger partial charge in [0.2, 0.25) is 5.91 Å². The zero-order valence-corrected chi connectivity index (χ0v) is 19.8. The van der Waals surface area contributed by atoms with Crippen LogP contribution in [0.3, 0.4) is 0 Å². The molecular weight excluding hydrogens is 461 g/mol. The molecule has 1 aliphatic carbocycles. The van der Waals surface area contributed by atoms with Crippen LogP contribution >= 0.6 is 0 Å². The molecule has 0 unspecified atom stereocenters. The summed E-state index contributed by atoms with van der Waals surface area (Å²) in [5.74, 6) is 1.15. The molecule has 1 fully saturated rings. The van der Waals surface area contributed by atoms with Crippen molar-refractivity contribution in [3.8, 4) is 11.5 Å². The number of oxime groups is 1. The lowest BCUT2D eigenvalue weighted by Gasteiger charge is -2.27. The fourth-order valence-electron chi connectivity index (χ4n) is 4.64. The molecule has 4 rings (SSSR count). The van der Waals surface area contributed by atoms with Crippen molar-refractivity contribution in [2.45, 2.75) is 50.9 Å². The van der Waals surface area contributed by atoms with Crippen molar-refractivity contribution in [3.05, 3.63) is 59.2 Å². The molecule has 1 amide bonds. The molecule has 1 atom stereocenters. The zero-order valence-electron chi connectivity index (χ0n) is 19.8. The minimum atomic E-state index is -4.40. The SMILES string of the molecule is COc1ccc(C2=NO[C@@H](CN(Cc3ccc(C(F)(F)F)cc3)C(=O)C3CCCC3)C2)cc1OC. The van der Waals surface area contributed by atoms with Crippen LogP contribution in [0.15, 0.2) is 47.6 Å². The molecule has 0 spiro atoms. The van der Waals surface area contributed by atoms with Crippen molar-refractivity contribution < 1.29 is 32.3 Å². The number of alkyl halides is 3. The van der Waals surface area contributed by atoms with E-state index in [4.69, 9.17) is 14.3 Å². The fourth-order valence-corrected chi connectivity index (χ4v) is 4.64. The van der Waals surface area contributed by atoms with Gasteiger partial charge in [0.25, 0.3) is 0 Å². The number of amides is 1. The highest BCUT2D eigenvalue weighted by Crippen LogP contribution is 2.32. The third kappa shape index (κ3) is 5.89. The van der Waals surface area contributed by atoms with Crippen LogP contribution in [-0.2, 0) is 22.4 Å². The number of benzene rings is 2. The lowest BCUT2D eigenvalue weighted by atomic mass is 10.0. The van der Waals surface area contributed by atoms with Gasteiger partial charge >= 0.3 is 6.18 Å².